The number of likely N-dealkylation sites (tertiary alicyclic amines) is 2. The highest BCUT2D eigenvalue weighted by Gasteiger charge is 2.24. The van der Waals surface area contributed by atoms with E-state index in [9.17, 15) is 0 Å². The zero-order valence-electron chi connectivity index (χ0n) is 14.4. The third kappa shape index (κ3) is 3.90. The Morgan fingerprint density at radius 2 is 1.95 bits per heavy atom. The quantitative estimate of drug-likeness (QED) is 0.836. The van der Waals surface area contributed by atoms with Gasteiger partial charge in [0, 0.05) is 18.8 Å². The summed E-state index contributed by atoms with van der Waals surface area (Å²) in [6.45, 7) is 8.25. The van der Waals surface area contributed by atoms with E-state index in [0.717, 1.165) is 18.5 Å². The maximum Gasteiger partial charge on any atom is 0.0524 e. The number of hydrogen-bond donors (Lipinski definition) is 0. The highest BCUT2D eigenvalue weighted by molar-refractivity contribution is 5.12. The molecule has 2 aliphatic rings. The predicted molar refractivity (Wildman–Crippen MR) is 91.2 cm³/mol. The maximum atomic E-state index is 4.43. The zero-order valence-corrected chi connectivity index (χ0v) is 14.4. The fraction of sp³-hybridized carbons (Fsp3) is 0.833. The van der Waals surface area contributed by atoms with Crippen molar-refractivity contribution in [2.75, 3.05) is 33.2 Å². The zero-order chi connectivity index (χ0) is 15.4. The van der Waals surface area contributed by atoms with Gasteiger partial charge in [-0.25, -0.2) is 0 Å². The first-order chi connectivity index (χ1) is 10.8. The summed E-state index contributed by atoms with van der Waals surface area (Å²) in [6.07, 6.45) is 12.5. The van der Waals surface area contributed by atoms with Gasteiger partial charge >= 0.3 is 0 Å². The van der Waals surface area contributed by atoms with Crippen molar-refractivity contribution in [1.82, 2.24) is 19.6 Å². The second-order valence-corrected chi connectivity index (χ2v) is 7.16. The highest BCUT2D eigenvalue weighted by Crippen LogP contribution is 2.28. The lowest BCUT2D eigenvalue weighted by Crippen LogP contribution is -2.40. The van der Waals surface area contributed by atoms with Gasteiger partial charge in [-0.15, -0.1) is 0 Å². The molecule has 4 nitrogen and oxygen atoms in total. The van der Waals surface area contributed by atoms with E-state index in [2.05, 4.69) is 45.9 Å². The molecule has 0 amide bonds. The van der Waals surface area contributed by atoms with E-state index in [1.807, 2.05) is 0 Å². The minimum Gasteiger partial charge on any atom is -0.303 e. The summed E-state index contributed by atoms with van der Waals surface area (Å²) in [7, 11) is 2.31. The fourth-order valence-electron chi connectivity index (χ4n) is 4.09. The Kier molecular flexibility index (Phi) is 5.53. The molecule has 2 saturated heterocycles. The smallest absolute Gasteiger partial charge is 0.0524 e. The number of aromatic nitrogens is 2. The van der Waals surface area contributed by atoms with E-state index in [1.54, 1.807) is 0 Å². The normalized spacial score (nSPS) is 25.6. The van der Waals surface area contributed by atoms with Gasteiger partial charge in [0.2, 0.25) is 0 Å². The molecule has 0 saturated carbocycles. The molecule has 22 heavy (non-hydrogen) atoms. The summed E-state index contributed by atoms with van der Waals surface area (Å²) in [6, 6.07) is 0.828. The molecular formula is C18H32N4. The Morgan fingerprint density at radius 1 is 1.14 bits per heavy atom. The highest BCUT2D eigenvalue weighted by atomic mass is 15.3. The molecule has 1 aromatic heterocycles. The summed E-state index contributed by atoms with van der Waals surface area (Å²) >= 11 is 0. The Balaban J connectivity index is 1.41. The molecule has 0 aromatic carbocycles. The monoisotopic (exact) mass is 304 g/mol. The lowest BCUT2D eigenvalue weighted by Gasteiger charge is -2.36. The summed E-state index contributed by atoms with van der Waals surface area (Å²) in [5.74, 6) is 0.730. The molecule has 4 heteroatoms. The standard InChI is InChI=1S/C18H32N4/c1-3-22-15-17(14-19-22)16-7-11-21(12-8-16)13-9-18-6-4-5-10-20(18)2/h14-16,18H,3-13H2,1-2H3. The van der Waals surface area contributed by atoms with E-state index in [1.165, 1.54) is 70.3 Å². The van der Waals surface area contributed by atoms with Crippen molar-refractivity contribution in [3.05, 3.63) is 18.0 Å². The average Bonchev–Trinajstić information content (AvgIpc) is 3.04. The lowest BCUT2D eigenvalue weighted by atomic mass is 9.91. The van der Waals surface area contributed by atoms with E-state index in [-0.39, 0.29) is 0 Å². The van der Waals surface area contributed by atoms with E-state index in [4.69, 9.17) is 0 Å². The van der Waals surface area contributed by atoms with Crippen LogP contribution in [0.2, 0.25) is 0 Å². The van der Waals surface area contributed by atoms with Crippen LogP contribution in [0.15, 0.2) is 12.4 Å². The Labute approximate surface area is 135 Å². The van der Waals surface area contributed by atoms with E-state index in [0.29, 0.717) is 0 Å². The summed E-state index contributed by atoms with van der Waals surface area (Å²) in [5.41, 5.74) is 1.45. The minimum absolute atomic E-state index is 0.730. The van der Waals surface area contributed by atoms with Crippen LogP contribution >= 0.6 is 0 Å². The Bertz CT molecular complexity index is 448. The van der Waals surface area contributed by atoms with Crippen molar-refractivity contribution in [2.45, 2.75) is 64.0 Å². The third-order valence-electron chi connectivity index (χ3n) is 5.74. The second kappa shape index (κ2) is 7.60. The van der Waals surface area contributed by atoms with Gasteiger partial charge in [0.05, 0.1) is 6.20 Å². The van der Waals surface area contributed by atoms with E-state index < -0.39 is 0 Å². The van der Waals surface area contributed by atoms with Crippen molar-refractivity contribution in [3.8, 4) is 0 Å². The molecule has 2 aliphatic heterocycles. The predicted octanol–water partition coefficient (Wildman–Crippen LogP) is 2.96. The van der Waals surface area contributed by atoms with Crippen LogP contribution in [-0.4, -0.2) is 58.8 Å². The Hall–Kier alpha value is -0.870. The van der Waals surface area contributed by atoms with Gasteiger partial charge in [-0.2, -0.15) is 5.10 Å². The molecule has 1 unspecified atom stereocenters. The number of rotatable bonds is 5. The first-order valence-electron chi connectivity index (χ1n) is 9.21. The summed E-state index contributed by atoms with van der Waals surface area (Å²) in [4.78, 5) is 5.26. The fourth-order valence-corrected chi connectivity index (χ4v) is 4.09. The third-order valence-corrected chi connectivity index (χ3v) is 5.74. The molecule has 3 rings (SSSR count). The van der Waals surface area contributed by atoms with Gasteiger partial charge in [-0.3, -0.25) is 4.68 Å². The molecule has 2 fully saturated rings. The van der Waals surface area contributed by atoms with Gasteiger partial charge in [0.1, 0.15) is 0 Å². The van der Waals surface area contributed by atoms with Gasteiger partial charge in [0.15, 0.2) is 0 Å². The van der Waals surface area contributed by atoms with Crippen LogP contribution in [0.25, 0.3) is 0 Å². The summed E-state index contributed by atoms with van der Waals surface area (Å²) < 4.78 is 2.06. The van der Waals surface area contributed by atoms with Crippen LogP contribution in [0.1, 0.15) is 56.9 Å². The molecule has 0 N–H and O–H groups in total. The van der Waals surface area contributed by atoms with Gasteiger partial charge in [0.25, 0.3) is 0 Å². The largest absolute Gasteiger partial charge is 0.303 e. The molecule has 1 aromatic rings. The number of nitrogens with zero attached hydrogens (tertiary/aromatic N) is 4. The first kappa shape index (κ1) is 16.0. The van der Waals surface area contributed by atoms with Crippen molar-refractivity contribution in [1.29, 1.82) is 0 Å². The number of aryl methyl sites for hydroxylation is 1. The second-order valence-electron chi connectivity index (χ2n) is 7.16. The Morgan fingerprint density at radius 3 is 2.64 bits per heavy atom. The van der Waals surface area contributed by atoms with Crippen molar-refractivity contribution < 1.29 is 0 Å². The van der Waals surface area contributed by atoms with Gasteiger partial charge in [-0.05, 0) is 83.7 Å². The van der Waals surface area contributed by atoms with Crippen molar-refractivity contribution in [2.24, 2.45) is 0 Å². The van der Waals surface area contributed by atoms with Crippen LogP contribution in [0.3, 0.4) is 0 Å². The van der Waals surface area contributed by atoms with Crippen LogP contribution < -0.4 is 0 Å². The molecule has 0 radical (unpaired) electrons. The van der Waals surface area contributed by atoms with Crippen LogP contribution in [0.5, 0.6) is 0 Å². The topological polar surface area (TPSA) is 24.3 Å². The van der Waals surface area contributed by atoms with Crippen molar-refractivity contribution in [3.63, 3.8) is 0 Å². The molecule has 0 aliphatic carbocycles. The van der Waals surface area contributed by atoms with Crippen molar-refractivity contribution >= 4 is 0 Å². The molecular weight excluding hydrogens is 272 g/mol. The molecule has 0 bridgehead atoms. The average molecular weight is 304 g/mol. The van der Waals surface area contributed by atoms with Gasteiger partial charge in [-0.1, -0.05) is 6.42 Å². The number of hydrogen-bond acceptors (Lipinski definition) is 3. The molecule has 124 valence electrons. The summed E-state index contributed by atoms with van der Waals surface area (Å²) in [5, 5.41) is 4.43. The van der Waals surface area contributed by atoms with Gasteiger partial charge < -0.3 is 9.80 Å². The van der Waals surface area contributed by atoms with Crippen LogP contribution in [0.4, 0.5) is 0 Å². The minimum atomic E-state index is 0.730. The molecule has 0 spiro atoms. The SMILES string of the molecule is CCn1cc(C2CCN(CCC3CCCCN3C)CC2)cn1. The van der Waals surface area contributed by atoms with E-state index >= 15 is 0 Å². The maximum absolute atomic E-state index is 4.43. The number of piperidine rings is 2. The molecule has 3 heterocycles. The van der Waals surface area contributed by atoms with Crippen LogP contribution in [-0.2, 0) is 6.54 Å². The molecule has 1 atom stereocenters. The van der Waals surface area contributed by atoms with Crippen LogP contribution in [0, 0.1) is 0 Å². The lowest BCUT2D eigenvalue weighted by molar-refractivity contribution is 0.142. The first-order valence-corrected chi connectivity index (χ1v) is 9.21.